The Kier molecular flexibility index (Phi) is 7.64. The number of amides is 1. The van der Waals surface area contributed by atoms with Crippen molar-refractivity contribution in [1.29, 1.82) is 5.26 Å². The Morgan fingerprint density at radius 1 is 1.18 bits per heavy atom. The Morgan fingerprint density at radius 2 is 1.95 bits per heavy atom. The van der Waals surface area contributed by atoms with E-state index in [-0.39, 0.29) is 57.2 Å². The first-order valence-corrected chi connectivity index (χ1v) is 13.0. The molecule has 5 rings (SSSR count). The van der Waals surface area contributed by atoms with Crippen molar-refractivity contribution in [2.75, 3.05) is 5.32 Å². The molecule has 1 amide bonds. The Balaban J connectivity index is 1.33. The highest BCUT2D eigenvalue weighted by Gasteiger charge is 2.21. The summed E-state index contributed by atoms with van der Waals surface area (Å²) in [6.07, 6.45) is -0.0401. The summed E-state index contributed by atoms with van der Waals surface area (Å²) in [6.45, 7) is 3.70. The molecule has 1 N–H and O–H groups in total. The summed E-state index contributed by atoms with van der Waals surface area (Å²) in [4.78, 5) is 17.5. The molecule has 0 atom stereocenters. The van der Waals surface area contributed by atoms with Gasteiger partial charge in [0.2, 0.25) is 5.89 Å². The van der Waals surface area contributed by atoms with Gasteiger partial charge in [-0.05, 0) is 44.2 Å². The molecule has 0 spiro atoms. The highest BCUT2D eigenvalue weighted by molar-refractivity contribution is 7.19. The first kappa shape index (κ1) is 27.1. The molecule has 2 heterocycles. The molecule has 0 aliphatic rings. The molecule has 3 aromatic carbocycles. The number of thiazole rings is 1. The summed E-state index contributed by atoms with van der Waals surface area (Å²) in [5.74, 6) is -0.722. The van der Waals surface area contributed by atoms with E-state index in [2.05, 4.69) is 20.5 Å². The summed E-state index contributed by atoms with van der Waals surface area (Å²) in [6, 6.07) is 16.5. The van der Waals surface area contributed by atoms with Gasteiger partial charge >= 0.3 is 0 Å². The van der Waals surface area contributed by atoms with Gasteiger partial charge in [0.05, 0.1) is 28.8 Å². The summed E-state index contributed by atoms with van der Waals surface area (Å²) < 4.78 is 26.9. The number of ether oxygens (including phenoxy) is 1. The molecule has 0 bridgehead atoms. The second-order valence-electron chi connectivity index (χ2n) is 8.79. The predicted octanol–water partition coefficient (Wildman–Crippen LogP) is 5.90. The second kappa shape index (κ2) is 11.3. The van der Waals surface area contributed by atoms with Gasteiger partial charge < -0.3 is 9.15 Å². The standard InChI is InChI=1S/C28H18BClFN5O3S/c1-14-3-5-17(6-4-14)26(37)34-28-33-15(2)25(40-28)27-36-35-22(39-27)11-18-7-8-21(30)24(23(18)31)38-20-10-16(13-32)9-19(29)12-20/h3-10,12H,11H2,1-2H3,(H,33,34,37). The lowest BCUT2D eigenvalue weighted by molar-refractivity contribution is 0.102. The van der Waals surface area contributed by atoms with Crippen molar-refractivity contribution < 1.29 is 18.3 Å². The van der Waals surface area contributed by atoms with Gasteiger partial charge in [0.15, 0.2) is 16.7 Å². The number of halogens is 2. The number of anilines is 1. The van der Waals surface area contributed by atoms with Gasteiger partial charge in [0.25, 0.3) is 11.8 Å². The van der Waals surface area contributed by atoms with Crippen molar-refractivity contribution in [1.82, 2.24) is 15.2 Å². The van der Waals surface area contributed by atoms with Gasteiger partial charge in [0, 0.05) is 11.1 Å². The van der Waals surface area contributed by atoms with E-state index in [9.17, 15) is 4.79 Å². The summed E-state index contributed by atoms with van der Waals surface area (Å²) in [5.41, 5.74) is 2.90. The van der Waals surface area contributed by atoms with Crippen LogP contribution in [0.1, 0.15) is 38.6 Å². The largest absolute Gasteiger partial charge is 0.453 e. The highest BCUT2D eigenvalue weighted by Crippen LogP contribution is 2.36. The number of nitrogens with zero attached hydrogens (tertiary/aromatic N) is 4. The van der Waals surface area contributed by atoms with Crippen LogP contribution >= 0.6 is 22.9 Å². The molecule has 0 aliphatic carbocycles. The minimum atomic E-state index is -0.719. The van der Waals surface area contributed by atoms with Crippen LogP contribution in [0.3, 0.4) is 0 Å². The normalized spacial score (nSPS) is 10.8. The molecule has 8 nitrogen and oxygen atoms in total. The number of nitrogens with one attached hydrogen (secondary N) is 1. The molecule has 0 saturated heterocycles. The number of aryl methyl sites for hydroxylation is 2. The van der Waals surface area contributed by atoms with Crippen LogP contribution in [-0.4, -0.2) is 28.9 Å². The second-order valence-corrected chi connectivity index (χ2v) is 10.2. The van der Waals surface area contributed by atoms with E-state index >= 15 is 4.39 Å². The Morgan fingerprint density at radius 3 is 2.70 bits per heavy atom. The average Bonchev–Trinajstić information content (AvgIpc) is 3.54. The van der Waals surface area contributed by atoms with Gasteiger partial charge in [-0.1, -0.05) is 58.2 Å². The predicted molar refractivity (Wildman–Crippen MR) is 150 cm³/mol. The van der Waals surface area contributed by atoms with Gasteiger partial charge in [-0.3, -0.25) is 10.1 Å². The fraction of sp³-hybridized carbons (Fsp3) is 0.107. The molecule has 0 saturated carbocycles. The number of aromatic nitrogens is 3. The van der Waals surface area contributed by atoms with Gasteiger partial charge in [-0.2, -0.15) is 5.26 Å². The van der Waals surface area contributed by atoms with Crippen LogP contribution in [0, 0.1) is 31.0 Å². The molecule has 5 aromatic rings. The molecule has 2 radical (unpaired) electrons. The Bertz CT molecular complexity index is 1780. The summed E-state index contributed by atoms with van der Waals surface area (Å²) in [5, 5.41) is 20.5. The minimum absolute atomic E-state index is 0.0360. The molecular weight excluding hydrogens is 552 g/mol. The van der Waals surface area contributed by atoms with Crippen LogP contribution in [0.25, 0.3) is 10.8 Å². The number of carbonyl (C=O) groups excluding carboxylic acids is 1. The van der Waals surface area contributed by atoms with Crippen LogP contribution in [0.5, 0.6) is 11.5 Å². The first-order valence-electron chi connectivity index (χ1n) is 11.8. The van der Waals surface area contributed by atoms with Crippen molar-refractivity contribution in [3.8, 4) is 28.3 Å². The third-order valence-electron chi connectivity index (χ3n) is 5.74. The summed E-state index contributed by atoms with van der Waals surface area (Å²) >= 11 is 7.39. The van der Waals surface area contributed by atoms with Crippen LogP contribution < -0.4 is 15.5 Å². The Labute approximate surface area is 238 Å². The maximum absolute atomic E-state index is 15.4. The smallest absolute Gasteiger partial charge is 0.259 e. The minimum Gasteiger partial charge on any atom is -0.453 e. The first-order chi connectivity index (χ1) is 19.2. The van der Waals surface area contributed by atoms with Crippen LogP contribution in [0.2, 0.25) is 5.02 Å². The molecule has 2 aromatic heterocycles. The number of carbonyl (C=O) groups is 1. The number of hydrogen-bond donors (Lipinski definition) is 1. The molecule has 0 fully saturated rings. The topological polar surface area (TPSA) is 114 Å². The van der Waals surface area contributed by atoms with E-state index in [0.29, 0.717) is 21.3 Å². The number of benzene rings is 3. The third-order valence-corrected chi connectivity index (χ3v) is 7.10. The van der Waals surface area contributed by atoms with Gasteiger partial charge in [-0.15, -0.1) is 10.2 Å². The maximum atomic E-state index is 15.4. The fourth-order valence-corrected chi connectivity index (χ4v) is 4.84. The zero-order valence-corrected chi connectivity index (χ0v) is 22.7. The quantitative estimate of drug-likeness (QED) is 0.243. The van der Waals surface area contributed by atoms with E-state index in [0.717, 1.165) is 5.56 Å². The zero-order chi connectivity index (χ0) is 28.4. The molecule has 40 heavy (non-hydrogen) atoms. The Hall–Kier alpha value is -4.53. The molecule has 196 valence electrons. The number of rotatable bonds is 7. The van der Waals surface area contributed by atoms with Crippen LogP contribution in [-0.2, 0) is 6.42 Å². The number of hydrogen-bond acceptors (Lipinski definition) is 8. The number of nitriles is 1. The lowest BCUT2D eigenvalue weighted by Crippen LogP contribution is -2.11. The van der Waals surface area contributed by atoms with Crippen molar-refractivity contribution in [3.63, 3.8) is 0 Å². The molecule has 0 unspecified atom stereocenters. The van der Waals surface area contributed by atoms with E-state index in [1.165, 1.54) is 41.7 Å². The van der Waals surface area contributed by atoms with Crippen molar-refractivity contribution in [2.24, 2.45) is 0 Å². The maximum Gasteiger partial charge on any atom is 0.259 e. The highest BCUT2D eigenvalue weighted by atomic mass is 35.5. The van der Waals surface area contributed by atoms with E-state index in [4.69, 9.17) is 33.9 Å². The van der Waals surface area contributed by atoms with Crippen molar-refractivity contribution in [3.05, 3.63) is 99.3 Å². The molecular formula is C28H18BClFN5O3S. The average molecular weight is 570 g/mol. The molecule has 0 aliphatic heterocycles. The van der Waals surface area contributed by atoms with E-state index in [1.54, 1.807) is 19.1 Å². The zero-order valence-electron chi connectivity index (χ0n) is 21.2. The summed E-state index contributed by atoms with van der Waals surface area (Å²) in [7, 11) is 5.80. The van der Waals surface area contributed by atoms with Crippen molar-refractivity contribution in [2.45, 2.75) is 20.3 Å². The lowest BCUT2D eigenvalue weighted by atomic mass is 9.94. The fourth-order valence-electron chi connectivity index (χ4n) is 3.77. The van der Waals surface area contributed by atoms with Crippen molar-refractivity contribution >= 4 is 47.3 Å². The van der Waals surface area contributed by atoms with Gasteiger partial charge in [0.1, 0.15) is 18.5 Å². The van der Waals surface area contributed by atoms with Crippen LogP contribution in [0.4, 0.5) is 9.52 Å². The van der Waals surface area contributed by atoms with E-state index in [1.807, 2.05) is 25.1 Å². The van der Waals surface area contributed by atoms with Gasteiger partial charge in [-0.25, -0.2) is 9.37 Å². The van der Waals surface area contributed by atoms with E-state index < -0.39 is 5.82 Å². The third kappa shape index (κ3) is 5.88. The monoisotopic (exact) mass is 569 g/mol. The SMILES string of the molecule is [B]c1cc(C#N)cc(Oc2c(Cl)ccc(Cc3nnc(-c4sc(NC(=O)c5ccc(C)cc5)nc4C)o3)c2F)c1. The lowest BCUT2D eigenvalue weighted by Gasteiger charge is -2.12. The molecule has 12 heteroatoms. The van der Waals surface area contributed by atoms with Crippen LogP contribution in [0.15, 0.2) is 59.0 Å².